The molecule has 2 aliphatic rings. The highest BCUT2D eigenvalue weighted by Gasteiger charge is 2.27. The van der Waals surface area contributed by atoms with Crippen LogP contribution in [0.25, 0.3) is 0 Å². The molecule has 2 aliphatic heterocycles. The number of benzene rings is 1. The van der Waals surface area contributed by atoms with Gasteiger partial charge in [-0.15, -0.1) is 4.40 Å². The molecule has 2 heterocycles. The van der Waals surface area contributed by atoms with E-state index < -0.39 is 33.9 Å². The number of primary amides is 1. The molecule has 1 aromatic carbocycles. The van der Waals surface area contributed by atoms with Crippen LogP contribution in [0.5, 0.6) is 0 Å². The summed E-state index contributed by atoms with van der Waals surface area (Å²) in [4.78, 5) is 37.2. The maximum Gasteiger partial charge on any atom is 0.340 e. The van der Waals surface area contributed by atoms with Crippen molar-refractivity contribution in [2.75, 3.05) is 17.6 Å². The van der Waals surface area contributed by atoms with Crippen molar-refractivity contribution in [2.45, 2.75) is 13.0 Å². The average Bonchev–Trinajstić information content (AvgIpc) is 2.67. The molecule has 0 saturated heterocycles. The Balaban J connectivity index is 1.60. The minimum atomic E-state index is -3.49. The highest BCUT2D eigenvalue weighted by Crippen LogP contribution is 2.17. The van der Waals surface area contributed by atoms with Crippen molar-refractivity contribution < 1.29 is 27.5 Å². The fraction of sp³-hybridized carbons (Fsp3) is 0.222. The monoisotopic (exact) mass is 418 g/mol. The van der Waals surface area contributed by atoms with Gasteiger partial charge in [0.15, 0.2) is 6.10 Å². The van der Waals surface area contributed by atoms with Gasteiger partial charge in [-0.2, -0.15) is 0 Å². The summed E-state index contributed by atoms with van der Waals surface area (Å²) in [6.45, 7) is 1.58. The van der Waals surface area contributed by atoms with Gasteiger partial charge in [-0.1, -0.05) is 0 Å². The second-order valence-corrected chi connectivity index (χ2v) is 8.08. The molecular weight excluding hydrogens is 400 g/mol. The fourth-order valence-corrected chi connectivity index (χ4v) is 3.53. The quantitative estimate of drug-likeness (QED) is 0.647. The van der Waals surface area contributed by atoms with Crippen molar-refractivity contribution in [3.05, 3.63) is 53.8 Å². The fourth-order valence-electron chi connectivity index (χ4n) is 2.57. The number of rotatable bonds is 5. The Kier molecular flexibility index (Phi) is 5.50. The summed E-state index contributed by atoms with van der Waals surface area (Å²) in [6.07, 6.45) is 3.12. The first-order valence-electron chi connectivity index (χ1n) is 8.55. The van der Waals surface area contributed by atoms with Crippen LogP contribution in [0.2, 0.25) is 0 Å². The first-order chi connectivity index (χ1) is 13.6. The number of nitrogens with two attached hydrogens (primary N) is 1. The molecule has 0 aromatic heterocycles. The van der Waals surface area contributed by atoms with E-state index in [2.05, 4.69) is 9.71 Å². The van der Waals surface area contributed by atoms with Crippen LogP contribution in [0.15, 0.2) is 52.6 Å². The number of esters is 1. The summed E-state index contributed by atoms with van der Waals surface area (Å²) < 4.78 is 31.8. The van der Waals surface area contributed by atoms with Crippen LogP contribution in [0, 0.1) is 0 Å². The SMILES string of the molecule is CC(OC(=O)C1=CN2CCS(=O)(=O)N=C2C=C1)C(=O)Nc1ccc(C(N)=O)cc1. The first kappa shape index (κ1) is 20.3. The zero-order chi connectivity index (χ0) is 21.2. The molecule has 1 atom stereocenters. The van der Waals surface area contributed by atoms with Crippen molar-refractivity contribution in [3.8, 4) is 0 Å². The van der Waals surface area contributed by atoms with Gasteiger partial charge in [0.25, 0.3) is 15.9 Å². The number of fused-ring (bicyclic) bond motifs is 1. The molecule has 0 aliphatic carbocycles. The summed E-state index contributed by atoms with van der Waals surface area (Å²) in [5.41, 5.74) is 6.03. The van der Waals surface area contributed by atoms with Crippen LogP contribution in [0.4, 0.5) is 5.69 Å². The minimum Gasteiger partial charge on any atom is -0.449 e. The molecule has 2 amide bonds. The van der Waals surface area contributed by atoms with Crippen molar-refractivity contribution in [2.24, 2.45) is 10.1 Å². The lowest BCUT2D eigenvalue weighted by atomic mass is 10.2. The van der Waals surface area contributed by atoms with E-state index in [4.69, 9.17) is 10.5 Å². The normalized spacial score (nSPS) is 18.0. The highest BCUT2D eigenvalue weighted by atomic mass is 32.2. The number of anilines is 1. The Morgan fingerprint density at radius 1 is 1.21 bits per heavy atom. The summed E-state index contributed by atoms with van der Waals surface area (Å²) in [5, 5.41) is 2.57. The van der Waals surface area contributed by atoms with Gasteiger partial charge in [-0.05, 0) is 43.3 Å². The number of amides is 2. The number of sulfonamides is 1. The molecule has 0 saturated carbocycles. The smallest absolute Gasteiger partial charge is 0.340 e. The van der Waals surface area contributed by atoms with Crippen LogP contribution in [0.1, 0.15) is 17.3 Å². The summed E-state index contributed by atoms with van der Waals surface area (Å²) in [5.74, 6) is -1.81. The van der Waals surface area contributed by atoms with Gasteiger partial charge < -0.3 is 20.7 Å². The molecule has 1 aromatic rings. The van der Waals surface area contributed by atoms with Gasteiger partial charge in [0.1, 0.15) is 5.84 Å². The van der Waals surface area contributed by atoms with E-state index in [1.165, 1.54) is 54.4 Å². The zero-order valence-electron chi connectivity index (χ0n) is 15.4. The molecule has 11 heteroatoms. The Morgan fingerprint density at radius 2 is 1.90 bits per heavy atom. The summed E-state index contributed by atoms with van der Waals surface area (Å²) in [6, 6.07) is 5.93. The lowest BCUT2D eigenvalue weighted by Gasteiger charge is -2.27. The van der Waals surface area contributed by atoms with Crippen LogP contribution in [-0.4, -0.2) is 55.3 Å². The average molecular weight is 418 g/mol. The van der Waals surface area contributed by atoms with E-state index in [1.54, 1.807) is 0 Å². The number of carbonyl (C=O) groups is 3. The number of nitrogens with zero attached hydrogens (tertiary/aromatic N) is 2. The van der Waals surface area contributed by atoms with Gasteiger partial charge in [0.2, 0.25) is 5.91 Å². The van der Waals surface area contributed by atoms with Crippen molar-refractivity contribution in [3.63, 3.8) is 0 Å². The van der Waals surface area contributed by atoms with Gasteiger partial charge in [-0.3, -0.25) is 9.59 Å². The number of carbonyl (C=O) groups excluding carboxylic acids is 3. The molecule has 0 bridgehead atoms. The number of amidine groups is 1. The molecule has 29 heavy (non-hydrogen) atoms. The maximum atomic E-state index is 12.3. The molecule has 0 radical (unpaired) electrons. The third-order valence-corrected chi connectivity index (χ3v) is 5.31. The summed E-state index contributed by atoms with van der Waals surface area (Å²) in [7, 11) is -3.49. The van der Waals surface area contributed by atoms with E-state index in [1.807, 2.05) is 0 Å². The summed E-state index contributed by atoms with van der Waals surface area (Å²) >= 11 is 0. The Labute approximate surface area is 166 Å². The van der Waals surface area contributed by atoms with Gasteiger partial charge in [0, 0.05) is 24.0 Å². The van der Waals surface area contributed by atoms with E-state index in [0.717, 1.165) is 0 Å². The van der Waals surface area contributed by atoms with Crippen molar-refractivity contribution in [1.82, 2.24) is 4.90 Å². The minimum absolute atomic E-state index is 0.156. The van der Waals surface area contributed by atoms with Gasteiger partial charge in [-0.25, -0.2) is 13.2 Å². The molecule has 3 rings (SSSR count). The standard InChI is InChI=1S/C18H18N4O6S/c1-11(17(24)20-14-5-2-12(3-6-14)16(19)23)28-18(25)13-4-7-15-21-29(26,27)9-8-22(15)10-13/h2-7,10-11H,8-9H2,1H3,(H2,19,23)(H,20,24). The molecule has 0 fully saturated rings. The predicted octanol–water partition coefficient (Wildman–Crippen LogP) is 0.153. The maximum absolute atomic E-state index is 12.3. The second-order valence-electron chi connectivity index (χ2n) is 6.33. The molecule has 152 valence electrons. The van der Waals surface area contributed by atoms with Crippen LogP contribution >= 0.6 is 0 Å². The highest BCUT2D eigenvalue weighted by molar-refractivity contribution is 7.90. The van der Waals surface area contributed by atoms with Gasteiger partial charge >= 0.3 is 5.97 Å². The molecule has 0 spiro atoms. The van der Waals surface area contributed by atoms with Crippen LogP contribution < -0.4 is 11.1 Å². The number of ether oxygens (including phenoxy) is 1. The Hall–Kier alpha value is -3.47. The van der Waals surface area contributed by atoms with Crippen molar-refractivity contribution >= 4 is 39.3 Å². The predicted molar refractivity (Wildman–Crippen MR) is 104 cm³/mol. The third kappa shape index (κ3) is 4.88. The Morgan fingerprint density at radius 3 is 2.55 bits per heavy atom. The van der Waals surface area contributed by atoms with Crippen LogP contribution in [0.3, 0.4) is 0 Å². The Bertz CT molecular complexity index is 1060. The van der Waals surface area contributed by atoms with E-state index in [9.17, 15) is 22.8 Å². The molecular formula is C18H18N4O6S. The van der Waals surface area contributed by atoms with E-state index >= 15 is 0 Å². The van der Waals surface area contributed by atoms with Crippen molar-refractivity contribution in [1.29, 1.82) is 0 Å². The topological polar surface area (TPSA) is 148 Å². The van der Waals surface area contributed by atoms with E-state index in [-0.39, 0.29) is 23.7 Å². The number of nitrogens with one attached hydrogen (secondary N) is 1. The van der Waals surface area contributed by atoms with E-state index in [0.29, 0.717) is 11.3 Å². The molecule has 10 nitrogen and oxygen atoms in total. The first-order valence-corrected chi connectivity index (χ1v) is 10.2. The largest absolute Gasteiger partial charge is 0.449 e. The number of hydrogen-bond acceptors (Lipinski definition) is 7. The third-order valence-electron chi connectivity index (χ3n) is 4.15. The lowest BCUT2D eigenvalue weighted by Crippen LogP contribution is -2.37. The molecule has 1 unspecified atom stereocenters. The second kappa shape index (κ2) is 7.87. The zero-order valence-corrected chi connectivity index (χ0v) is 16.2. The van der Waals surface area contributed by atoms with Crippen LogP contribution in [-0.2, 0) is 24.3 Å². The number of hydrogen-bond donors (Lipinski definition) is 2. The van der Waals surface area contributed by atoms with Gasteiger partial charge in [0.05, 0.1) is 11.3 Å². The molecule has 3 N–H and O–H groups in total. The lowest BCUT2D eigenvalue weighted by molar-refractivity contribution is -0.149.